The predicted octanol–water partition coefficient (Wildman–Crippen LogP) is 3.24. The summed E-state index contributed by atoms with van der Waals surface area (Å²) in [4.78, 5) is 28.5. The lowest BCUT2D eigenvalue weighted by Gasteiger charge is -2.31. The van der Waals surface area contributed by atoms with Crippen LogP contribution >= 0.6 is 0 Å². The third-order valence-electron chi connectivity index (χ3n) is 5.99. The number of methoxy groups -OCH3 is 3. The van der Waals surface area contributed by atoms with E-state index in [1.807, 2.05) is 0 Å². The van der Waals surface area contributed by atoms with E-state index in [4.69, 9.17) is 18.9 Å². The van der Waals surface area contributed by atoms with Crippen molar-refractivity contribution in [1.29, 1.82) is 0 Å². The van der Waals surface area contributed by atoms with Crippen LogP contribution in [0, 0.1) is 0 Å². The zero-order valence-electron chi connectivity index (χ0n) is 18.6. The number of hydrogen-bond acceptors (Lipinski definition) is 6. The largest absolute Gasteiger partial charge is 0.497 e. The van der Waals surface area contributed by atoms with Gasteiger partial charge in [0.25, 0.3) is 5.91 Å². The molecule has 1 saturated carbocycles. The van der Waals surface area contributed by atoms with Crippen LogP contribution in [0.4, 0.5) is 5.69 Å². The fourth-order valence-electron chi connectivity index (χ4n) is 4.42. The van der Waals surface area contributed by atoms with Crippen LogP contribution in [0.5, 0.6) is 23.0 Å². The van der Waals surface area contributed by atoms with Crippen LogP contribution in [0.25, 0.3) is 0 Å². The van der Waals surface area contributed by atoms with E-state index in [2.05, 4.69) is 5.32 Å². The van der Waals surface area contributed by atoms with E-state index in [0.717, 1.165) is 25.7 Å². The molecule has 1 atom stereocenters. The van der Waals surface area contributed by atoms with Gasteiger partial charge in [-0.2, -0.15) is 0 Å². The second kappa shape index (κ2) is 9.38. The summed E-state index contributed by atoms with van der Waals surface area (Å²) in [5, 5.41) is 3.14. The van der Waals surface area contributed by atoms with Gasteiger partial charge >= 0.3 is 0 Å². The van der Waals surface area contributed by atoms with Crippen molar-refractivity contribution in [3.8, 4) is 23.0 Å². The van der Waals surface area contributed by atoms with Crippen LogP contribution < -0.4 is 29.2 Å². The minimum Gasteiger partial charge on any atom is -0.497 e. The number of nitrogens with zero attached hydrogens (tertiary/aromatic N) is 1. The summed E-state index contributed by atoms with van der Waals surface area (Å²) in [6.45, 7) is -0.249. The van der Waals surface area contributed by atoms with Crippen molar-refractivity contribution in [3.05, 3.63) is 42.0 Å². The van der Waals surface area contributed by atoms with Gasteiger partial charge in [-0.3, -0.25) is 14.5 Å². The van der Waals surface area contributed by atoms with Crippen LogP contribution in [0.3, 0.4) is 0 Å². The topological polar surface area (TPSA) is 86.3 Å². The summed E-state index contributed by atoms with van der Waals surface area (Å²) in [6, 6.07) is 9.59. The Morgan fingerprint density at radius 2 is 1.78 bits per heavy atom. The Kier molecular flexibility index (Phi) is 6.39. The maximum Gasteiger partial charge on any atom is 0.266 e. The molecule has 0 spiro atoms. The lowest BCUT2D eigenvalue weighted by Crippen LogP contribution is -2.46. The molecule has 1 fully saturated rings. The SMILES string of the molecule is COc1ccc(OC)c(N2C(=O)COc3c(OC)cccc3C2C(=O)NC2CCCC2)c1. The number of anilines is 1. The maximum absolute atomic E-state index is 13.7. The first-order chi connectivity index (χ1) is 15.6. The van der Waals surface area contributed by atoms with Gasteiger partial charge in [-0.25, -0.2) is 0 Å². The van der Waals surface area contributed by atoms with Crippen molar-refractivity contribution in [1.82, 2.24) is 5.32 Å². The molecule has 170 valence electrons. The lowest BCUT2D eigenvalue weighted by molar-refractivity contribution is -0.127. The highest BCUT2D eigenvalue weighted by Gasteiger charge is 2.40. The van der Waals surface area contributed by atoms with Crippen molar-refractivity contribution in [3.63, 3.8) is 0 Å². The van der Waals surface area contributed by atoms with E-state index in [0.29, 0.717) is 34.2 Å². The normalized spacial score (nSPS) is 18.4. The van der Waals surface area contributed by atoms with Gasteiger partial charge in [0.2, 0.25) is 5.91 Å². The van der Waals surface area contributed by atoms with E-state index in [-0.39, 0.29) is 24.5 Å². The molecule has 2 aromatic carbocycles. The monoisotopic (exact) mass is 440 g/mol. The average molecular weight is 440 g/mol. The molecule has 4 rings (SSSR count). The minimum absolute atomic E-state index is 0.0879. The summed E-state index contributed by atoms with van der Waals surface area (Å²) >= 11 is 0. The molecule has 0 bridgehead atoms. The summed E-state index contributed by atoms with van der Waals surface area (Å²) in [6.07, 6.45) is 4.01. The van der Waals surface area contributed by atoms with Gasteiger partial charge in [0.1, 0.15) is 17.5 Å². The summed E-state index contributed by atoms with van der Waals surface area (Å²) in [5.41, 5.74) is 0.985. The molecule has 32 heavy (non-hydrogen) atoms. The molecule has 1 aliphatic heterocycles. The molecule has 8 nitrogen and oxygen atoms in total. The number of fused-ring (bicyclic) bond motifs is 1. The number of hydrogen-bond donors (Lipinski definition) is 1. The van der Waals surface area contributed by atoms with Gasteiger partial charge in [0.05, 0.1) is 27.0 Å². The number of benzene rings is 2. The van der Waals surface area contributed by atoms with E-state index in [1.165, 1.54) is 19.1 Å². The first-order valence-electron chi connectivity index (χ1n) is 10.7. The van der Waals surface area contributed by atoms with Crippen LogP contribution in [-0.4, -0.2) is 45.8 Å². The summed E-state index contributed by atoms with van der Waals surface area (Å²) in [7, 11) is 4.60. The number of amides is 2. The van der Waals surface area contributed by atoms with E-state index >= 15 is 0 Å². The molecule has 8 heteroatoms. The van der Waals surface area contributed by atoms with Crippen molar-refractivity contribution in [2.24, 2.45) is 0 Å². The smallest absolute Gasteiger partial charge is 0.266 e. The molecule has 2 aromatic rings. The van der Waals surface area contributed by atoms with Gasteiger partial charge < -0.3 is 24.3 Å². The Morgan fingerprint density at radius 1 is 1.03 bits per heavy atom. The van der Waals surface area contributed by atoms with Crippen LogP contribution in [-0.2, 0) is 9.59 Å². The first-order valence-corrected chi connectivity index (χ1v) is 10.7. The molecular formula is C24H28N2O6. The highest BCUT2D eigenvalue weighted by atomic mass is 16.5. The van der Waals surface area contributed by atoms with Crippen LogP contribution in [0.15, 0.2) is 36.4 Å². The Balaban J connectivity index is 1.87. The zero-order valence-corrected chi connectivity index (χ0v) is 18.6. The molecule has 0 saturated heterocycles. The van der Waals surface area contributed by atoms with Crippen LogP contribution in [0.1, 0.15) is 37.3 Å². The summed E-state index contributed by atoms with van der Waals surface area (Å²) < 4.78 is 22.2. The molecule has 1 heterocycles. The molecule has 2 amide bonds. The van der Waals surface area contributed by atoms with Crippen molar-refractivity contribution < 1.29 is 28.5 Å². The fourth-order valence-corrected chi connectivity index (χ4v) is 4.42. The lowest BCUT2D eigenvalue weighted by atomic mass is 10.0. The highest BCUT2D eigenvalue weighted by Crippen LogP contribution is 2.44. The number of para-hydroxylation sites is 1. The third kappa shape index (κ3) is 4.04. The molecule has 1 aliphatic carbocycles. The minimum atomic E-state index is -0.961. The second-order valence-electron chi connectivity index (χ2n) is 7.86. The molecule has 2 aliphatic rings. The molecule has 0 radical (unpaired) electrons. The Hall–Kier alpha value is -3.42. The van der Waals surface area contributed by atoms with Crippen LogP contribution in [0.2, 0.25) is 0 Å². The standard InChI is InChI=1S/C24H28N2O6/c1-29-16-11-12-19(30-2)18(13-16)26-21(27)14-32-23-17(9-6-10-20(23)31-3)22(26)24(28)25-15-7-4-5-8-15/h6,9-13,15,22H,4-5,7-8,14H2,1-3H3,(H,25,28). The van der Waals surface area contributed by atoms with Crippen molar-refractivity contribution in [2.75, 3.05) is 32.8 Å². The van der Waals surface area contributed by atoms with Crippen molar-refractivity contribution >= 4 is 17.5 Å². The highest BCUT2D eigenvalue weighted by molar-refractivity contribution is 6.04. The maximum atomic E-state index is 13.7. The molecule has 1 unspecified atom stereocenters. The fraction of sp³-hybridized carbons (Fsp3) is 0.417. The number of rotatable bonds is 6. The summed E-state index contributed by atoms with van der Waals surface area (Å²) in [5.74, 6) is 1.20. The number of carbonyl (C=O) groups excluding carboxylic acids is 2. The number of nitrogens with one attached hydrogen (secondary N) is 1. The first kappa shape index (κ1) is 21.8. The third-order valence-corrected chi connectivity index (χ3v) is 5.99. The number of carbonyl (C=O) groups is 2. The van der Waals surface area contributed by atoms with Gasteiger partial charge in [0.15, 0.2) is 18.1 Å². The molecule has 1 N–H and O–H groups in total. The Bertz CT molecular complexity index is 1000. The molecular weight excluding hydrogens is 412 g/mol. The van der Waals surface area contributed by atoms with Gasteiger partial charge in [-0.05, 0) is 31.0 Å². The van der Waals surface area contributed by atoms with E-state index in [9.17, 15) is 9.59 Å². The Morgan fingerprint density at radius 3 is 2.47 bits per heavy atom. The second-order valence-corrected chi connectivity index (χ2v) is 7.86. The predicted molar refractivity (Wildman–Crippen MR) is 119 cm³/mol. The molecule has 0 aromatic heterocycles. The quantitative estimate of drug-likeness (QED) is 0.742. The zero-order chi connectivity index (χ0) is 22.7. The Labute approximate surface area is 187 Å². The van der Waals surface area contributed by atoms with Gasteiger partial charge in [-0.1, -0.05) is 25.0 Å². The van der Waals surface area contributed by atoms with E-state index < -0.39 is 6.04 Å². The van der Waals surface area contributed by atoms with E-state index in [1.54, 1.807) is 43.5 Å². The number of ether oxygens (including phenoxy) is 4. The average Bonchev–Trinajstić information content (AvgIpc) is 3.27. The van der Waals surface area contributed by atoms with Gasteiger partial charge in [0, 0.05) is 17.7 Å². The van der Waals surface area contributed by atoms with Crippen molar-refractivity contribution in [2.45, 2.75) is 37.8 Å². The van der Waals surface area contributed by atoms with Gasteiger partial charge in [-0.15, -0.1) is 0 Å².